The molecule has 3 aromatic carbocycles. The first-order chi connectivity index (χ1) is 19.3. The fourth-order valence-corrected chi connectivity index (χ4v) is 7.70. The van der Waals surface area contributed by atoms with Gasteiger partial charge in [-0.2, -0.15) is 0 Å². The molecule has 2 aromatic heterocycles. The van der Waals surface area contributed by atoms with Crippen LogP contribution in [0.15, 0.2) is 94.7 Å². The second-order valence-corrected chi connectivity index (χ2v) is 13.0. The number of thiophene rings is 2. The summed E-state index contributed by atoms with van der Waals surface area (Å²) in [7, 11) is 0. The van der Waals surface area contributed by atoms with Crippen LogP contribution in [0.1, 0.15) is 11.1 Å². The number of benzene rings is 3. The normalized spacial score (nSPS) is 11.1. The summed E-state index contributed by atoms with van der Waals surface area (Å²) in [6.45, 7) is 0. The zero-order chi connectivity index (χ0) is 28.2. The van der Waals surface area contributed by atoms with Gasteiger partial charge in [-0.15, -0.1) is 46.2 Å². The van der Waals surface area contributed by atoms with Crippen LogP contribution in [0.5, 0.6) is 0 Å². The Morgan fingerprint density at radius 2 is 0.900 bits per heavy atom. The Balaban J connectivity index is 1.50. The summed E-state index contributed by atoms with van der Waals surface area (Å²) in [5.74, 6) is -1.73. The minimum absolute atomic E-state index is 0.0527. The summed E-state index contributed by atoms with van der Waals surface area (Å²) in [5.41, 5.74) is 5.59. The lowest BCUT2D eigenvalue weighted by molar-refractivity contribution is -0.137. The van der Waals surface area contributed by atoms with E-state index in [4.69, 9.17) is 0 Å². The van der Waals surface area contributed by atoms with Gasteiger partial charge >= 0.3 is 11.9 Å². The lowest BCUT2D eigenvalue weighted by Crippen LogP contribution is -2.00. The highest BCUT2D eigenvalue weighted by Crippen LogP contribution is 2.42. The van der Waals surface area contributed by atoms with Gasteiger partial charge in [0.1, 0.15) is 0 Å². The molecule has 0 bridgehead atoms. The molecule has 8 heteroatoms. The third-order valence-corrected chi connectivity index (χ3v) is 10.5. The average molecular weight is 603 g/mol. The zero-order valence-corrected chi connectivity index (χ0v) is 25.1. The van der Waals surface area contributed by atoms with E-state index in [1.807, 2.05) is 48.9 Å². The van der Waals surface area contributed by atoms with Crippen LogP contribution in [-0.4, -0.2) is 34.7 Å². The molecule has 0 aliphatic carbocycles. The zero-order valence-electron chi connectivity index (χ0n) is 21.8. The smallest absolute Gasteiger partial charge is 0.307 e. The van der Waals surface area contributed by atoms with Crippen LogP contribution in [0.3, 0.4) is 0 Å². The van der Waals surface area contributed by atoms with E-state index in [-0.39, 0.29) is 12.8 Å². The predicted molar refractivity (Wildman–Crippen MR) is 170 cm³/mol. The minimum atomic E-state index is -0.866. The van der Waals surface area contributed by atoms with Gasteiger partial charge in [0, 0.05) is 29.3 Å². The molecule has 0 saturated heterocycles. The lowest BCUT2D eigenvalue weighted by Gasteiger charge is -2.06. The Bertz CT molecular complexity index is 1520. The summed E-state index contributed by atoms with van der Waals surface area (Å²) in [4.78, 5) is 29.6. The molecule has 202 valence electrons. The Labute approximate surface area is 249 Å². The highest BCUT2D eigenvalue weighted by Gasteiger charge is 2.18. The molecule has 40 heavy (non-hydrogen) atoms. The molecular formula is C32H26O4S4. The Hall–Kier alpha value is -3.30. The van der Waals surface area contributed by atoms with Crippen molar-refractivity contribution in [3.8, 4) is 41.8 Å². The number of thioether (sulfide) groups is 2. The summed E-state index contributed by atoms with van der Waals surface area (Å²) in [6.07, 6.45) is 3.97. The van der Waals surface area contributed by atoms with E-state index in [0.29, 0.717) is 0 Å². The standard InChI is InChI=1S/C32H26O4S4/c1-37-25-11-7-19(8-12-25)27-15-23(17-29(33)34)31(39-27)21-3-5-22(6-4-21)32-24(18-30(35)36)16-28(40-32)20-9-13-26(38-2)14-10-20/h3-16H,17-18H2,1-2H3,(H,33,34)(H,35,36). The largest absolute Gasteiger partial charge is 0.481 e. The van der Waals surface area contributed by atoms with Crippen LogP contribution >= 0.6 is 46.2 Å². The van der Waals surface area contributed by atoms with Crippen LogP contribution in [0.2, 0.25) is 0 Å². The monoisotopic (exact) mass is 602 g/mol. The first kappa shape index (κ1) is 28.2. The molecule has 4 nitrogen and oxygen atoms in total. The van der Waals surface area contributed by atoms with Crippen molar-refractivity contribution in [1.82, 2.24) is 0 Å². The highest BCUT2D eigenvalue weighted by atomic mass is 32.2. The van der Waals surface area contributed by atoms with Gasteiger partial charge in [0.25, 0.3) is 0 Å². The van der Waals surface area contributed by atoms with Gasteiger partial charge < -0.3 is 10.2 Å². The SMILES string of the molecule is CSc1ccc(-c2cc(CC(=O)O)c(-c3ccc(-c4sc(-c5ccc(SC)cc5)cc4CC(=O)O)cc3)s2)cc1. The summed E-state index contributed by atoms with van der Waals surface area (Å²) >= 11 is 6.55. The van der Waals surface area contributed by atoms with Crippen molar-refractivity contribution >= 4 is 58.1 Å². The van der Waals surface area contributed by atoms with E-state index in [0.717, 1.165) is 52.9 Å². The number of hydrogen-bond donors (Lipinski definition) is 2. The first-order valence-electron chi connectivity index (χ1n) is 12.4. The minimum Gasteiger partial charge on any atom is -0.481 e. The average Bonchev–Trinajstić information content (AvgIpc) is 3.57. The van der Waals surface area contributed by atoms with Crippen LogP contribution in [-0.2, 0) is 22.4 Å². The third kappa shape index (κ3) is 6.36. The molecular weight excluding hydrogens is 577 g/mol. The van der Waals surface area contributed by atoms with Crippen LogP contribution in [0, 0.1) is 0 Å². The molecule has 0 atom stereocenters. The summed E-state index contributed by atoms with van der Waals surface area (Å²) < 4.78 is 0. The molecule has 5 rings (SSSR count). The van der Waals surface area contributed by atoms with Crippen molar-refractivity contribution in [1.29, 1.82) is 0 Å². The number of hydrogen-bond acceptors (Lipinski definition) is 6. The van der Waals surface area contributed by atoms with Gasteiger partial charge in [0.2, 0.25) is 0 Å². The maximum atomic E-state index is 11.7. The molecule has 2 heterocycles. The van der Waals surface area contributed by atoms with Crippen molar-refractivity contribution in [3.05, 3.63) is 96.1 Å². The van der Waals surface area contributed by atoms with Crippen molar-refractivity contribution < 1.29 is 19.8 Å². The number of carbonyl (C=O) groups is 2. The maximum Gasteiger partial charge on any atom is 0.307 e. The first-order valence-corrected chi connectivity index (χ1v) is 16.5. The fourth-order valence-electron chi connectivity index (χ4n) is 4.50. The fraction of sp³-hybridized carbons (Fsp3) is 0.125. The number of carboxylic acids is 2. The van der Waals surface area contributed by atoms with Gasteiger partial charge in [-0.1, -0.05) is 48.5 Å². The molecule has 5 aromatic rings. The molecule has 2 N–H and O–H groups in total. The molecule has 0 fully saturated rings. The lowest BCUT2D eigenvalue weighted by atomic mass is 10.0. The highest BCUT2D eigenvalue weighted by molar-refractivity contribution is 7.98. The number of aliphatic carboxylic acids is 2. The van der Waals surface area contributed by atoms with E-state index in [2.05, 4.69) is 48.5 Å². The van der Waals surface area contributed by atoms with E-state index in [1.165, 1.54) is 9.79 Å². The molecule has 0 aliphatic heterocycles. The Morgan fingerprint density at radius 1 is 0.575 bits per heavy atom. The Kier molecular flexibility index (Phi) is 8.81. The maximum absolute atomic E-state index is 11.7. The van der Waals surface area contributed by atoms with Gasteiger partial charge in [-0.3, -0.25) is 9.59 Å². The molecule has 0 radical (unpaired) electrons. The molecule has 0 spiro atoms. The van der Waals surface area contributed by atoms with Crippen LogP contribution in [0.25, 0.3) is 41.8 Å². The van der Waals surface area contributed by atoms with Crippen molar-refractivity contribution in [2.45, 2.75) is 22.6 Å². The van der Waals surface area contributed by atoms with Crippen molar-refractivity contribution in [2.75, 3.05) is 12.5 Å². The molecule has 0 aliphatic rings. The third-order valence-electron chi connectivity index (χ3n) is 6.46. The van der Waals surface area contributed by atoms with Crippen LogP contribution < -0.4 is 0 Å². The van der Waals surface area contributed by atoms with Crippen molar-refractivity contribution in [3.63, 3.8) is 0 Å². The van der Waals surface area contributed by atoms with Crippen molar-refractivity contribution in [2.24, 2.45) is 0 Å². The van der Waals surface area contributed by atoms with E-state index in [9.17, 15) is 19.8 Å². The van der Waals surface area contributed by atoms with Gasteiger partial charge in [-0.05, 0) is 82.3 Å². The number of carboxylic acid groups (broad SMARTS) is 2. The topological polar surface area (TPSA) is 74.6 Å². The quantitative estimate of drug-likeness (QED) is 0.155. The second kappa shape index (κ2) is 12.5. The van der Waals surface area contributed by atoms with E-state index >= 15 is 0 Å². The van der Waals surface area contributed by atoms with Gasteiger partial charge in [-0.25, -0.2) is 0 Å². The predicted octanol–water partition coefficient (Wildman–Crippen LogP) is 9.18. The summed E-state index contributed by atoms with van der Waals surface area (Å²) in [6, 6.07) is 28.6. The van der Waals surface area contributed by atoms with E-state index < -0.39 is 11.9 Å². The molecule has 0 amide bonds. The van der Waals surface area contributed by atoms with E-state index in [1.54, 1.807) is 46.2 Å². The molecule has 0 unspecified atom stereocenters. The Morgan fingerprint density at radius 3 is 1.20 bits per heavy atom. The summed E-state index contributed by atoms with van der Waals surface area (Å²) in [5, 5.41) is 19.1. The molecule has 0 saturated carbocycles. The second-order valence-electron chi connectivity index (χ2n) is 9.11. The van der Waals surface area contributed by atoms with Gasteiger partial charge in [0.15, 0.2) is 0 Å². The number of rotatable bonds is 10. The van der Waals surface area contributed by atoms with Gasteiger partial charge in [0.05, 0.1) is 12.8 Å². The van der Waals surface area contributed by atoms with Crippen LogP contribution in [0.4, 0.5) is 0 Å².